The molecule has 4 nitrogen and oxygen atoms in total. The van der Waals surface area contributed by atoms with Gasteiger partial charge in [-0.05, 0) is 19.8 Å². The summed E-state index contributed by atoms with van der Waals surface area (Å²) in [5, 5.41) is 11.1. The summed E-state index contributed by atoms with van der Waals surface area (Å²) in [6.45, 7) is 9.34. The van der Waals surface area contributed by atoms with E-state index in [1.807, 2.05) is 6.92 Å². The molecule has 0 fully saturated rings. The van der Waals surface area contributed by atoms with Crippen LogP contribution in [0, 0.1) is 12.8 Å². The molecule has 15 heavy (non-hydrogen) atoms. The van der Waals surface area contributed by atoms with Crippen molar-refractivity contribution in [1.29, 1.82) is 0 Å². The van der Waals surface area contributed by atoms with Crippen molar-refractivity contribution in [2.24, 2.45) is 5.92 Å². The Morgan fingerprint density at radius 1 is 1.27 bits per heavy atom. The van der Waals surface area contributed by atoms with Crippen LogP contribution in [0.5, 0.6) is 0 Å². The fourth-order valence-electron chi connectivity index (χ4n) is 1.83. The molecule has 4 heteroatoms. The lowest BCUT2D eigenvalue weighted by atomic mass is 9.95. The van der Waals surface area contributed by atoms with E-state index in [1.165, 1.54) is 12.8 Å². The van der Waals surface area contributed by atoms with Gasteiger partial charge in [-0.3, -0.25) is 0 Å². The molecule has 0 aliphatic rings. The minimum Gasteiger partial charge on any atom is -0.308 e. The molecule has 0 saturated carbocycles. The zero-order chi connectivity index (χ0) is 11.3. The minimum atomic E-state index is 0.510. The Hall–Kier alpha value is -0.900. The first-order valence-corrected chi connectivity index (χ1v) is 5.70. The molecule has 1 aromatic heterocycles. The molecule has 1 unspecified atom stereocenters. The summed E-state index contributed by atoms with van der Waals surface area (Å²) < 4.78 is 4.65. The Balaban J connectivity index is 2.40. The van der Waals surface area contributed by atoms with Crippen LogP contribution in [0.25, 0.3) is 0 Å². The number of aryl methyl sites for hydroxylation is 1. The molecule has 0 amide bonds. The standard InChI is InChI=1S/C11H21N3O/c1-5-10(6-2)8(3)12-7-11-9(4)13-15-14-11/h8,10,12H,5-7H2,1-4H3. The van der Waals surface area contributed by atoms with E-state index >= 15 is 0 Å². The monoisotopic (exact) mass is 211 g/mol. The lowest BCUT2D eigenvalue weighted by molar-refractivity contribution is 0.297. The summed E-state index contributed by atoms with van der Waals surface area (Å²) in [7, 11) is 0. The molecule has 1 atom stereocenters. The number of hydrogen-bond acceptors (Lipinski definition) is 4. The third-order valence-electron chi connectivity index (χ3n) is 3.09. The first kappa shape index (κ1) is 12.2. The molecule has 0 spiro atoms. The van der Waals surface area contributed by atoms with E-state index in [1.54, 1.807) is 0 Å². The fraction of sp³-hybridized carbons (Fsp3) is 0.818. The minimum absolute atomic E-state index is 0.510. The van der Waals surface area contributed by atoms with E-state index in [9.17, 15) is 0 Å². The first-order chi connectivity index (χ1) is 7.19. The highest BCUT2D eigenvalue weighted by molar-refractivity contribution is 5.04. The molecule has 1 aromatic rings. The second-order valence-electron chi connectivity index (χ2n) is 4.04. The Labute approximate surface area is 91.4 Å². The van der Waals surface area contributed by atoms with Crippen LogP contribution < -0.4 is 5.32 Å². The maximum atomic E-state index is 4.65. The average Bonchev–Trinajstić information content (AvgIpc) is 2.63. The van der Waals surface area contributed by atoms with Gasteiger partial charge in [0.05, 0.1) is 0 Å². The first-order valence-electron chi connectivity index (χ1n) is 5.70. The number of hydrogen-bond donors (Lipinski definition) is 1. The van der Waals surface area contributed by atoms with Gasteiger partial charge >= 0.3 is 0 Å². The molecular formula is C11H21N3O. The summed E-state index contributed by atoms with van der Waals surface area (Å²) in [5.74, 6) is 0.727. The lowest BCUT2D eigenvalue weighted by Crippen LogP contribution is -2.32. The zero-order valence-electron chi connectivity index (χ0n) is 10.1. The molecule has 0 aliphatic carbocycles. The summed E-state index contributed by atoms with van der Waals surface area (Å²) in [6, 6.07) is 0.510. The highest BCUT2D eigenvalue weighted by Crippen LogP contribution is 2.13. The number of nitrogens with zero attached hydrogens (tertiary/aromatic N) is 2. The predicted octanol–water partition coefficient (Wildman–Crippen LogP) is 2.29. The lowest BCUT2D eigenvalue weighted by Gasteiger charge is -2.21. The van der Waals surface area contributed by atoms with E-state index in [2.05, 4.69) is 41.0 Å². The molecule has 0 saturated heterocycles. The molecule has 0 aromatic carbocycles. The summed E-state index contributed by atoms with van der Waals surface area (Å²) >= 11 is 0. The zero-order valence-corrected chi connectivity index (χ0v) is 10.1. The van der Waals surface area contributed by atoms with E-state index < -0.39 is 0 Å². The molecule has 0 bridgehead atoms. The fourth-order valence-corrected chi connectivity index (χ4v) is 1.83. The van der Waals surface area contributed by atoms with Gasteiger partial charge in [-0.2, -0.15) is 0 Å². The highest BCUT2D eigenvalue weighted by Gasteiger charge is 2.14. The Morgan fingerprint density at radius 3 is 2.40 bits per heavy atom. The predicted molar refractivity (Wildman–Crippen MR) is 59.4 cm³/mol. The van der Waals surface area contributed by atoms with Crippen molar-refractivity contribution in [2.75, 3.05) is 0 Å². The quantitative estimate of drug-likeness (QED) is 0.784. The third-order valence-corrected chi connectivity index (χ3v) is 3.09. The van der Waals surface area contributed by atoms with Gasteiger partial charge in [0, 0.05) is 12.6 Å². The van der Waals surface area contributed by atoms with E-state index in [4.69, 9.17) is 0 Å². The van der Waals surface area contributed by atoms with Crippen LogP contribution in [0.1, 0.15) is 45.0 Å². The summed E-state index contributed by atoms with van der Waals surface area (Å²) in [6.07, 6.45) is 2.42. The molecule has 0 radical (unpaired) electrons. The van der Waals surface area contributed by atoms with Gasteiger partial charge in [0.1, 0.15) is 11.4 Å². The number of rotatable bonds is 6. The average molecular weight is 211 g/mol. The number of nitrogens with one attached hydrogen (secondary N) is 1. The van der Waals surface area contributed by atoms with Crippen LogP contribution in [0.2, 0.25) is 0 Å². The van der Waals surface area contributed by atoms with Crippen LogP contribution in [0.4, 0.5) is 0 Å². The number of aromatic nitrogens is 2. The largest absolute Gasteiger partial charge is 0.308 e. The van der Waals surface area contributed by atoms with E-state index in [0.29, 0.717) is 6.04 Å². The van der Waals surface area contributed by atoms with Gasteiger partial charge in [-0.25, -0.2) is 4.63 Å². The van der Waals surface area contributed by atoms with Crippen molar-refractivity contribution in [3.63, 3.8) is 0 Å². The maximum Gasteiger partial charge on any atom is 0.121 e. The SMILES string of the molecule is CCC(CC)C(C)NCc1nonc1C. The molecular weight excluding hydrogens is 190 g/mol. The van der Waals surface area contributed by atoms with Crippen molar-refractivity contribution >= 4 is 0 Å². The van der Waals surface area contributed by atoms with E-state index in [-0.39, 0.29) is 0 Å². The van der Waals surface area contributed by atoms with Crippen molar-refractivity contribution in [3.05, 3.63) is 11.4 Å². The Kier molecular flexibility index (Phi) is 4.75. The Bertz CT molecular complexity index is 281. The normalized spacial score (nSPS) is 13.4. The van der Waals surface area contributed by atoms with Gasteiger partial charge < -0.3 is 5.32 Å². The summed E-state index contributed by atoms with van der Waals surface area (Å²) in [4.78, 5) is 0. The van der Waals surface area contributed by atoms with Crippen molar-refractivity contribution in [3.8, 4) is 0 Å². The topological polar surface area (TPSA) is 51.0 Å². The molecule has 86 valence electrons. The maximum absolute atomic E-state index is 4.65. The van der Waals surface area contributed by atoms with Crippen LogP contribution in [0.3, 0.4) is 0 Å². The van der Waals surface area contributed by atoms with Gasteiger partial charge in [0.15, 0.2) is 0 Å². The van der Waals surface area contributed by atoms with Crippen LogP contribution in [0.15, 0.2) is 4.63 Å². The van der Waals surface area contributed by atoms with E-state index in [0.717, 1.165) is 23.9 Å². The van der Waals surface area contributed by atoms with Gasteiger partial charge in [-0.15, -0.1) is 0 Å². The van der Waals surface area contributed by atoms with Gasteiger partial charge in [-0.1, -0.05) is 37.0 Å². The molecule has 0 aliphatic heterocycles. The third kappa shape index (κ3) is 3.30. The van der Waals surface area contributed by atoms with Crippen molar-refractivity contribution < 1.29 is 4.63 Å². The van der Waals surface area contributed by atoms with Crippen molar-refractivity contribution in [1.82, 2.24) is 15.6 Å². The van der Waals surface area contributed by atoms with Crippen molar-refractivity contribution in [2.45, 2.75) is 53.1 Å². The molecule has 1 N–H and O–H groups in total. The second-order valence-corrected chi connectivity index (χ2v) is 4.04. The second kappa shape index (κ2) is 5.85. The smallest absolute Gasteiger partial charge is 0.121 e. The summed E-state index contributed by atoms with van der Waals surface area (Å²) in [5.41, 5.74) is 1.78. The van der Waals surface area contributed by atoms with Gasteiger partial charge in [0.25, 0.3) is 0 Å². The highest BCUT2D eigenvalue weighted by atomic mass is 16.6. The molecule has 1 rings (SSSR count). The van der Waals surface area contributed by atoms with Crippen LogP contribution in [-0.4, -0.2) is 16.4 Å². The van der Waals surface area contributed by atoms with Crippen LogP contribution in [-0.2, 0) is 6.54 Å². The Morgan fingerprint density at radius 2 is 1.93 bits per heavy atom. The van der Waals surface area contributed by atoms with Gasteiger partial charge in [0.2, 0.25) is 0 Å². The van der Waals surface area contributed by atoms with Crippen LogP contribution >= 0.6 is 0 Å². The molecule has 1 heterocycles.